The Morgan fingerprint density at radius 2 is 1.95 bits per heavy atom. The first-order valence-corrected chi connectivity index (χ1v) is 5.94. The summed E-state index contributed by atoms with van der Waals surface area (Å²) in [5, 5.41) is 0. The van der Waals surface area contributed by atoms with E-state index in [0.29, 0.717) is 18.2 Å². The quantitative estimate of drug-likeness (QED) is 0.757. The van der Waals surface area contributed by atoms with Gasteiger partial charge in [-0.15, -0.1) is 0 Å². The van der Waals surface area contributed by atoms with E-state index in [1.165, 1.54) is 11.9 Å². The van der Waals surface area contributed by atoms with Crippen molar-refractivity contribution < 1.29 is 22.4 Å². The molecule has 1 aromatic rings. The van der Waals surface area contributed by atoms with Crippen molar-refractivity contribution in [3.8, 4) is 0 Å². The zero-order valence-electron chi connectivity index (χ0n) is 10.3. The van der Waals surface area contributed by atoms with Gasteiger partial charge in [-0.3, -0.25) is 4.79 Å². The van der Waals surface area contributed by atoms with E-state index in [1.54, 1.807) is 0 Å². The van der Waals surface area contributed by atoms with Crippen LogP contribution in [0.15, 0.2) is 18.2 Å². The zero-order chi connectivity index (χ0) is 14.2. The molecule has 104 valence electrons. The van der Waals surface area contributed by atoms with Gasteiger partial charge in [-0.1, -0.05) is 0 Å². The molecule has 1 aliphatic carbocycles. The van der Waals surface area contributed by atoms with Gasteiger partial charge in [-0.2, -0.15) is 13.2 Å². The van der Waals surface area contributed by atoms with E-state index in [9.17, 15) is 22.4 Å². The van der Waals surface area contributed by atoms with Gasteiger partial charge in [0.2, 0.25) is 0 Å². The molecule has 2 nitrogen and oxygen atoms in total. The third-order valence-electron chi connectivity index (χ3n) is 3.47. The Bertz CT molecular complexity index is 494. The highest BCUT2D eigenvalue weighted by molar-refractivity contribution is 5.94. The van der Waals surface area contributed by atoms with Gasteiger partial charge in [0.05, 0.1) is 11.1 Å². The van der Waals surface area contributed by atoms with Crippen LogP contribution in [-0.4, -0.2) is 23.9 Å². The minimum absolute atomic E-state index is 0.00134. The summed E-state index contributed by atoms with van der Waals surface area (Å²) in [5.41, 5.74) is -1.54. The topological polar surface area (TPSA) is 20.3 Å². The number of rotatable bonds is 2. The summed E-state index contributed by atoms with van der Waals surface area (Å²) in [6.07, 6.45) is -1.99. The number of hydrogen-bond acceptors (Lipinski definition) is 1. The summed E-state index contributed by atoms with van der Waals surface area (Å²) < 4.78 is 51.2. The molecular formula is C13H13F4NO. The lowest BCUT2D eigenvalue weighted by atomic mass is 9.91. The standard InChI is InChI=1S/C13H13F4NO/c1-18(9-3-2-4-9)12(19)10-7-8(13(15,16)17)5-6-11(10)14/h5-7,9H,2-4H2,1H3. The Hall–Kier alpha value is -1.59. The van der Waals surface area contributed by atoms with Gasteiger partial charge in [-0.05, 0) is 37.5 Å². The van der Waals surface area contributed by atoms with Crippen LogP contribution >= 0.6 is 0 Å². The predicted molar refractivity (Wildman–Crippen MR) is 61.1 cm³/mol. The molecule has 0 unspecified atom stereocenters. The minimum Gasteiger partial charge on any atom is -0.339 e. The smallest absolute Gasteiger partial charge is 0.339 e. The highest BCUT2D eigenvalue weighted by Gasteiger charge is 2.33. The van der Waals surface area contributed by atoms with E-state index in [2.05, 4.69) is 0 Å². The maximum Gasteiger partial charge on any atom is 0.416 e. The van der Waals surface area contributed by atoms with E-state index in [4.69, 9.17) is 0 Å². The number of carbonyl (C=O) groups excluding carboxylic acids is 1. The third-order valence-corrected chi connectivity index (χ3v) is 3.47. The number of nitrogens with zero attached hydrogens (tertiary/aromatic N) is 1. The Kier molecular flexibility index (Phi) is 3.52. The molecule has 0 N–H and O–H groups in total. The van der Waals surface area contributed by atoms with E-state index >= 15 is 0 Å². The first-order chi connectivity index (χ1) is 8.80. The molecule has 1 amide bonds. The van der Waals surface area contributed by atoms with Crippen LogP contribution in [0.1, 0.15) is 35.2 Å². The van der Waals surface area contributed by atoms with Gasteiger partial charge in [0.15, 0.2) is 0 Å². The largest absolute Gasteiger partial charge is 0.416 e. The predicted octanol–water partition coefficient (Wildman–Crippen LogP) is 3.47. The van der Waals surface area contributed by atoms with E-state index in [0.717, 1.165) is 19.3 Å². The minimum atomic E-state index is -4.59. The first kappa shape index (κ1) is 13.8. The Morgan fingerprint density at radius 3 is 2.42 bits per heavy atom. The molecule has 6 heteroatoms. The van der Waals surface area contributed by atoms with Crippen LogP contribution in [0.2, 0.25) is 0 Å². The fourth-order valence-electron chi connectivity index (χ4n) is 2.00. The lowest BCUT2D eigenvalue weighted by Gasteiger charge is -2.34. The van der Waals surface area contributed by atoms with Crippen molar-refractivity contribution in [2.75, 3.05) is 7.05 Å². The van der Waals surface area contributed by atoms with Crippen LogP contribution < -0.4 is 0 Å². The normalized spacial score (nSPS) is 16.1. The summed E-state index contributed by atoms with van der Waals surface area (Å²) in [6, 6.07) is 1.90. The summed E-state index contributed by atoms with van der Waals surface area (Å²) in [4.78, 5) is 13.3. The van der Waals surface area contributed by atoms with Crippen molar-refractivity contribution in [3.05, 3.63) is 35.1 Å². The molecule has 0 aromatic heterocycles. The maximum atomic E-state index is 13.5. The summed E-state index contributed by atoms with van der Waals surface area (Å²) in [6.45, 7) is 0. The van der Waals surface area contributed by atoms with Gasteiger partial charge >= 0.3 is 6.18 Å². The van der Waals surface area contributed by atoms with Crippen LogP contribution in [0.3, 0.4) is 0 Å². The molecule has 0 bridgehead atoms. The zero-order valence-corrected chi connectivity index (χ0v) is 10.3. The van der Waals surface area contributed by atoms with Crippen molar-refractivity contribution >= 4 is 5.91 Å². The van der Waals surface area contributed by atoms with Crippen molar-refractivity contribution in [3.63, 3.8) is 0 Å². The molecule has 0 aliphatic heterocycles. The van der Waals surface area contributed by atoms with Gasteiger partial charge < -0.3 is 4.90 Å². The molecule has 0 atom stereocenters. The number of halogens is 4. The van der Waals surface area contributed by atoms with E-state index in [1.807, 2.05) is 0 Å². The van der Waals surface area contributed by atoms with Crippen LogP contribution in [0, 0.1) is 5.82 Å². The molecule has 0 heterocycles. The second kappa shape index (κ2) is 4.83. The molecule has 1 aliphatic rings. The Morgan fingerprint density at radius 1 is 1.32 bits per heavy atom. The van der Waals surface area contributed by atoms with Crippen LogP contribution in [0.5, 0.6) is 0 Å². The highest BCUT2D eigenvalue weighted by atomic mass is 19.4. The van der Waals surface area contributed by atoms with Gasteiger partial charge in [0.25, 0.3) is 5.91 Å². The van der Waals surface area contributed by atoms with Crippen molar-refractivity contribution in [1.29, 1.82) is 0 Å². The fraction of sp³-hybridized carbons (Fsp3) is 0.462. The van der Waals surface area contributed by atoms with Crippen molar-refractivity contribution in [2.45, 2.75) is 31.5 Å². The molecule has 2 rings (SSSR count). The lowest BCUT2D eigenvalue weighted by Crippen LogP contribution is -2.41. The first-order valence-electron chi connectivity index (χ1n) is 5.94. The van der Waals surface area contributed by atoms with Crippen molar-refractivity contribution in [1.82, 2.24) is 4.90 Å². The van der Waals surface area contributed by atoms with E-state index in [-0.39, 0.29) is 6.04 Å². The summed E-state index contributed by atoms with van der Waals surface area (Å²) in [7, 11) is 1.49. The van der Waals surface area contributed by atoms with Gasteiger partial charge in [0.1, 0.15) is 5.82 Å². The molecule has 1 fully saturated rings. The molecule has 0 saturated heterocycles. The van der Waals surface area contributed by atoms with Gasteiger partial charge in [-0.25, -0.2) is 4.39 Å². The second-order valence-electron chi connectivity index (χ2n) is 4.69. The Balaban J connectivity index is 2.30. The fourth-order valence-corrected chi connectivity index (χ4v) is 2.00. The maximum absolute atomic E-state index is 13.5. The van der Waals surface area contributed by atoms with Crippen molar-refractivity contribution in [2.24, 2.45) is 0 Å². The molecule has 19 heavy (non-hydrogen) atoms. The van der Waals surface area contributed by atoms with E-state index < -0.39 is 29.0 Å². The number of benzene rings is 1. The van der Waals surface area contributed by atoms with Crippen LogP contribution in [0.4, 0.5) is 17.6 Å². The van der Waals surface area contributed by atoms with Gasteiger partial charge in [0, 0.05) is 13.1 Å². The number of alkyl halides is 3. The monoisotopic (exact) mass is 275 g/mol. The second-order valence-corrected chi connectivity index (χ2v) is 4.69. The lowest BCUT2D eigenvalue weighted by molar-refractivity contribution is -0.137. The number of carbonyl (C=O) groups is 1. The molecule has 1 aromatic carbocycles. The molecule has 1 saturated carbocycles. The highest BCUT2D eigenvalue weighted by Crippen LogP contribution is 2.31. The third kappa shape index (κ3) is 2.72. The van der Waals surface area contributed by atoms with Crippen LogP contribution in [-0.2, 0) is 6.18 Å². The molecule has 0 spiro atoms. The number of hydrogen-bond donors (Lipinski definition) is 0. The summed E-state index contributed by atoms with van der Waals surface area (Å²) >= 11 is 0. The average molecular weight is 275 g/mol. The Labute approximate surface area is 108 Å². The average Bonchev–Trinajstić information content (AvgIpc) is 2.24. The van der Waals surface area contributed by atoms with Crippen LogP contribution in [0.25, 0.3) is 0 Å². The summed E-state index contributed by atoms with van der Waals surface area (Å²) in [5.74, 6) is -1.63. The molecule has 0 radical (unpaired) electrons. The number of amides is 1. The molecular weight excluding hydrogens is 262 g/mol. The SMILES string of the molecule is CN(C(=O)c1cc(C(F)(F)F)ccc1F)C1CCC1.